The zero-order valence-electron chi connectivity index (χ0n) is 8.87. The molecule has 0 aliphatic carbocycles. The quantitative estimate of drug-likeness (QED) is 0.899. The Kier molecular flexibility index (Phi) is 3.96. The molecule has 82 valence electrons. The first-order chi connectivity index (χ1) is 7.04. The van der Waals surface area contributed by atoms with Crippen molar-refractivity contribution in [2.75, 3.05) is 26.5 Å². The van der Waals surface area contributed by atoms with Crippen LogP contribution in [0.15, 0.2) is 22.7 Å². The number of nitrogens with one attached hydrogen (secondary N) is 1. The Morgan fingerprint density at radius 1 is 1.47 bits per heavy atom. The van der Waals surface area contributed by atoms with Gasteiger partial charge in [0, 0.05) is 24.6 Å². The molecule has 1 rings (SSSR count). The monoisotopic (exact) mass is 272 g/mol. The number of rotatable bonds is 2. The van der Waals surface area contributed by atoms with Crippen LogP contribution in [0.5, 0.6) is 5.75 Å². The van der Waals surface area contributed by atoms with Gasteiger partial charge < -0.3 is 15.0 Å². The van der Waals surface area contributed by atoms with Crippen molar-refractivity contribution in [2.24, 2.45) is 0 Å². The molecular weight excluding hydrogens is 260 g/mol. The molecule has 0 atom stereocenters. The molecule has 1 N–H and O–H groups in total. The van der Waals surface area contributed by atoms with Gasteiger partial charge >= 0.3 is 6.03 Å². The lowest BCUT2D eigenvalue weighted by molar-refractivity contribution is 0.230. The average Bonchev–Trinajstić information content (AvgIpc) is 2.21. The molecule has 0 aliphatic heterocycles. The van der Waals surface area contributed by atoms with Gasteiger partial charge in [0.2, 0.25) is 0 Å². The highest BCUT2D eigenvalue weighted by Gasteiger charge is 2.07. The molecule has 1 aromatic rings. The van der Waals surface area contributed by atoms with Gasteiger partial charge in [0.15, 0.2) is 0 Å². The van der Waals surface area contributed by atoms with Gasteiger partial charge in [-0.25, -0.2) is 4.79 Å². The van der Waals surface area contributed by atoms with Crippen molar-refractivity contribution < 1.29 is 9.53 Å². The highest BCUT2D eigenvalue weighted by molar-refractivity contribution is 9.10. The Balaban J connectivity index is 2.88. The second-order valence-electron chi connectivity index (χ2n) is 3.17. The lowest BCUT2D eigenvalue weighted by Crippen LogP contribution is -2.27. The average molecular weight is 273 g/mol. The Morgan fingerprint density at radius 2 is 2.13 bits per heavy atom. The van der Waals surface area contributed by atoms with Gasteiger partial charge in [-0.05, 0) is 28.1 Å². The van der Waals surface area contributed by atoms with E-state index in [0.29, 0.717) is 11.4 Å². The lowest BCUT2D eigenvalue weighted by Gasteiger charge is -2.13. The predicted molar refractivity (Wildman–Crippen MR) is 63.4 cm³/mol. The first-order valence-electron chi connectivity index (χ1n) is 4.36. The highest BCUT2D eigenvalue weighted by Crippen LogP contribution is 2.27. The van der Waals surface area contributed by atoms with Gasteiger partial charge in [0.05, 0.1) is 12.8 Å². The van der Waals surface area contributed by atoms with Crippen LogP contribution < -0.4 is 10.1 Å². The molecule has 0 unspecified atom stereocenters. The molecule has 5 heteroatoms. The number of carbonyl (C=O) groups is 1. The Morgan fingerprint density at radius 3 is 2.67 bits per heavy atom. The van der Waals surface area contributed by atoms with Crippen LogP contribution in [-0.4, -0.2) is 32.1 Å². The zero-order chi connectivity index (χ0) is 11.4. The SMILES string of the molecule is COc1ccc(Br)c(NC(=O)N(C)C)c1. The zero-order valence-corrected chi connectivity index (χ0v) is 10.5. The van der Waals surface area contributed by atoms with Crippen LogP contribution in [0, 0.1) is 0 Å². The fourth-order valence-electron chi connectivity index (χ4n) is 0.954. The van der Waals surface area contributed by atoms with E-state index >= 15 is 0 Å². The minimum Gasteiger partial charge on any atom is -0.497 e. The standard InChI is InChI=1S/C10H13BrN2O2/c1-13(2)10(14)12-9-6-7(15-3)4-5-8(9)11/h4-6H,1-3H3,(H,12,14). The van der Waals surface area contributed by atoms with Crippen LogP contribution >= 0.6 is 15.9 Å². The number of ether oxygens (including phenoxy) is 1. The third kappa shape index (κ3) is 3.13. The number of hydrogen-bond acceptors (Lipinski definition) is 2. The molecule has 15 heavy (non-hydrogen) atoms. The van der Waals surface area contributed by atoms with Crippen LogP contribution in [-0.2, 0) is 0 Å². The molecule has 0 saturated carbocycles. The molecule has 1 aromatic carbocycles. The summed E-state index contributed by atoms with van der Waals surface area (Å²) in [5.74, 6) is 0.701. The third-order valence-corrected chi connectivity index (χ3v) is 2.51. The van der Waals surface area contributed by atoms with Crippen LogP contribution in [0.3, 0.4) is 0 Å². The van der Waals surface area contributed by atoms with Gasteiger partial charge in [-0.15, -0.1) is 0 Å². The summed E-state index contributed by atoms with van der Waals surface area (Å²) in [5, 5.41) is 2.74. The van der Waals surface area contributed by atoms with Gasteiger partial charge in [-0.3, -0.25) is 0 Å². The molecule has 0 radical (unpaired) electrons. The van der Waals surface area contributed by atoms with Crippen molar-refractivity contribution in [3.63, 3.8) is 0 Å². The van der Waals surface area contributed by atoms with Gasteiger partial charge in [0.1, 0.15) is 5.75 Å². The largest absolute Gasteiger partial charge is 0.497 e. The van der Waals surface area contributed by atoms with Gasteiger partial charge in [0.25, 0.3) is 0 Å². The fourth-order valence-corrected chi connectivity index (χ4v) is 1.30. The topological polar surface area (TPSA) is 41.6 Å². The lowest BCUT2D eigenvalue weighted by atomic mass is 10.3. The number of amides is 2. The van der Waals surface area contributed by atoms with Crippen molar-refractivity contribution in [3.8, 4) is 5.75 Å². The van der Waals surface area contributed by atoms with Crippen LogP contribution in [0.1, 0.15) is 0 Å². The van der Waals surface area contributed by atoms with Gasteiger partial charge in [-0.2, -0.15) is 0 Å². The molecule has 0 spiro atoms. The molecule has 0 aromatic heterocycles. The van der Waals surface area contributed by atoms with E-state index in [2.05, 4.69) is 21.2 Å². The Bertz CT molecular complexity index is 366. The van der Waals surface area contributed by atoms with E-state index in [1.165, 1.54) is 4.90 Å². The number of hydrogen-bond donors (Lipinski definition) is 1. The smallest absolute Gasteiger partial charge is 0.321 e. The Labute approximate surface area is 97.3 Å². The third-order valence-electron chi connectivity index (χ3n) is 1.82. The molecule has 4 nitrogen and oxygen atoms in total. The molecule has 0 aliphatic rings. The number of carbonyl (C=O) groups excluding carboxylic acids is 1. The van der Waals surface area contributed by atoms with E-state index in [-0.39, 0.29) is 6.03 Å². The molecule has 0 fully saturated rings. The van der Waals surface area contributed by atoms with Crippen LogP contribution in [0.2, 0.25) is 0 Å². The first-order valence-corrected chi connectivity index (χ1v) is 5.15. The number of nitrogens with zero attached hydrogens (tertiary/aromatic N) is 1. The predicted octanol–water partition coefficient (Wildman–Crippen LogP) is 2.55. The summed E-state index contributed by atoms with van der Waals surface area (Å²) in [6.07, 6.45) is 0. The summed E-state index contributed by atoms with van der Waals surface area (Å²) >= 11 is 3.35. The van der Waals surface area contributed by atoms with E-state index < -0.39 is 0 Å². The van der Waals surface area contributed by atoms with Crippen molar-refractivity contribution >= 4 is 27.6 Å². The number of urea groups is 1. The van der Waals surface area contributed by atoms with E-state index in [0.717, 1.165) is 4.47 Å². The summed E-state index contributed by atoms with van der Waals surface area (Å²) in [6.45, 7) is 0. The maximum atomic E-state index is 11.4. The van der Waals surface area contributed by atoms with Crippen LogP contribution in [0.25, 0.3) is 0 Å². The summed E-state index contributed by atoms with van der Waals surface area (Å²) in [6, 6.07) is 5.22. The Hall–Kier alpha value is -1.23. The molecule has 2 amide bonds. The summed E-state index contributed by atoms with van der Waals surface area (Å²) in [7, 11) is 4.95. The van der Waals surface area contributed by atoms with E-state index in [1.54, 1.807) is 27.3 Å². The summed E-state index contributed by atoms with van der Waals surface area (Å²) in [5.41, 5.74) is 0.688. The molecular formula is C10H13BrN2O2. The van der Waals surface area contributed by atoms with Crippen molar-refractivity contribution in [2.45, 2.75) is 0 Å². The second kappa shape index (κ2) is 5.02. The van der Waals surface area contributed by atoms with Crippen molar-refractivity contribution in [1.29, 1.82) is 0 Å². The summed E-state index contributed by atoms with van der Waals surface area (Å²) < 4.78 is 5.88. The van der Waals surface area contributed by atoms with Crippen molar-refractivity contribution in [1.82, 2.24) is 4.90 Å². The maximum absolute atomic E-state index is 11.4. The molecule has 0 heterocycles. The van der Waals surface area contributed by atoms with E-state index in [9.17, 15) is 4.79 Å². The maximum Gasteiger partial charge on any atom is 0.321 e. The van der Waals surface area contributed by atoms with E-state index in [1.807, 2.05) is 12.1 Å². The molecule has 0 saturated heterocycles. The highest BCUT2D eigenvalue weighted by atomic mass is 79.9. The first kappa shape index (κ1) is 11.8. The molecule has 0 bridgehead atoms. The number of methoxy groups -OCH3 is 1. The number of benzene rings is 1. The van der Waals surface area contributed by atoms with Crippen LogP contribution in [0.4, 0.5) is 10.5 Å². The van der Waals surface area contributed by atoms with E-state index in [4.69, 9.17) is 4.74 Å². The number of anilines is 1. The fraction of sp³-hybridized carbons (Fsp3) is 0.300. The minimum absolute atomic E-state index is 0.177. The minimum atomic E-state index is -0.177. The number of halogens is 1. The normalized spacial score (nSPS) is 9.60. The van der Waals surface area contributed by atoms with Crippen molar-refractivity contribution in [3.05, 3.63) is 22.7 Å². The van der Waals surface area contributed by atoms with Gasteiger partial charge in [-0.1, -0.05) is 0 Å². The second-order valence-corrected chi connectivity index (χ2v) is 4.02. The summed E-state index contributed by atoms with van der Waals surface area (Å²) in [4.78, 5) is 12.9.